The molecule has 98 valence electrons. The van der Waals surface area contributed by atoms with Gasteiger partial charge in [-0.1, -0.05) is 40.5 Å². The Labute approximate surface area is 119 Å². The second-order valence-electron chi connectivity index (χ2n) is 3.66. The molecular weight excluding hydrogens is 289 g/mol. The number of carbonyl (C=O) groups excluding carboxylic acids is 1. The molecule has 0 aliphatic carbocycles. The molecule has 1 aromatic carbocycles. The Balaban J connectivity index is 2.04. The topological polar surface area (TPSA) is 67.5 Å². The summed E-state index contributed by atoms with van der Waals surface area (Å²) in [5, 5.41) is 8.14. The van der Waals surface area contributed by atoms with E-state index in [-0.39, 0.29) is 5.69 Å². The molecule has 0 fully saturated rings. The minimum Gasteiger partial charge on any atom is -0.361 e. The van der Waals surface area contributed by atoms with Gasteiger partial charge < -0.3 is 4.52 Å². The highest BCUT2D eigenvalue weighted by Gasteiger charge is 2.09. The van der Waals surface area contributed by atoms with Crippen LogP contribution in [0.15, 0.2) is 33.9 Å². The second-order valence-corrected chi connectivity index (χ2v) is 4.45. The van der Waals surface area contributed by atoms with Crippen molar-refractivity contribution in [2.75, 3.05) is 0 Å². The lowest BCUT2D eigenvalue weighted by atomic mass is 10.2. The fourth-order valence-electron chi connectivity index (χ4n) is 1.31. The molecule has 2 aromatic rings. The quantitative estimate of drug-likeness (QED) is 0.699. The number of nitrogens with zero attached hydrogens (tertiary/aromatic N) is 2. The average Bonchev–Trinajstić information content (AvgIpc) is 2.81. The molecule has 0 aliphatic heterocycles. The van der Waals surface area contributed by atoms with Crippen LogP contribution in [0, 0.1) is 6.92 Å². The van der Waals surface area contributed by atoms with Crippen molar-refractivity contribution in [2.24, 2.45) is 5.10 Å². The molecule has 0 spiro atoms. The largest absolute Gasteiger partial charge is 0.361 e. The van der Waals surface area contributed by atoms with Gasteiger partial charge in [0, 0.05) is 11.6 Å². The third-order valence-corrected chi connectivity index (χ3v) is 3.05. The number of hydrogen-bond donors (Lipinski definition) is 1. The molecule has 1 aromatic heterocycles. The molecule has 0 bridgehead atoms. The lowest BCUT2D eigenvalue weighted by molar-refractivity contribution is 0.0946. The van der Waals surface area contributed by atoms with Gasteiger partial charge in [-0.15, -0.1) is 0 Å². The zero-order chi connectivity index (χ0) is 13.8. The summed E-state index contributed by atoms with van der Waals surface area (Å²) >= 11 is 11.8. The Morgan fingerprint density at radius 1 is 1.47 bits per heavy atom. The number of hydrogen-bond acceptors (Lipinski definition) is 4. The van der Waals surface area contributed by atoms with E-state index in [0.29, 0.717) is 21.4 Å². The summed E-state index contributed by atoms with van der Waals surface area (Å²) in [4.78, 5) is 11.6. The first-order valence-electron chi connectivity index (χ1n) is 5.28. The molecular formula is C12H9Cl2N3O2. The Bertz CT molecular complexity index is 638. The molecule has 19 heavy (non-hydrogen) atoms. The van der Waals surface area contributed by atoms with Crippen LogP contribution >= 0.6 is 23.2 Å². The van der Waals surface area contributed by atoms with Crippen molar-refractivity contribution in [1.82, 2.24) is 10.6 Å². The van der Waals surface area contributed by atoms with E-state index in [0.717, 1.165) is 0 Å². The highest BCUT2D eigenvalue weighted by atomic mass is 35.5. The van der Waals surface area contributed by atoms with Crippen LogP contribution in [0.25, 0.3) is 0 Å². The molecule has 0 aliphatic rings. The molecule has 0 radical (unpaired) electrons. The summed E-state index contributed by atoms with van der Waals surface area (Å²) in [6, 6.07) is 6.64. The average molecular weight is 298 g/mol. The van der Waals surface area contributed by atoms with Gasteiger partial charge in [-0.2, -0.15) is 5.10 Å². The number of benzene rings is 1. The van der Waals surface area contributed by atoms with Crippen molar-refractivity contribution in [2.45, 2.75) is 6.92 Å². The van der Waals surface area contributed by atoms with Crippen molar-refractivity contribution in [3.8, 4) is 0 Å². The van der Waals surface area contributed by atoms with E-state index in [2.05, 4.69) is 15.7 Å². The van der Waals surface area contributed by atoms with Crippen LogP contribution < -0.4 is 5.43 Å². The van der Waals surface area contributed by atoms with Crippen LogP contribution in [0.5, 0.6) is 0 Å². The lowest BCUT2D eigenvalue weighted by Gasteiger charge is -1.99. The summed E-state index contributed by atoms with van der Waals surface area (Å²) in [6.07, 6.45) is 1.40. The van der Waals surface area contributed by atoms with Crippen LogP contribution in [0.4, 0.5) is 0 Å². The molecule has 0 atom stereocenters. The van der Waals surface area contributed by atoms with Gasteiger partial charge in [0.05, 0.1) is 16.3 Å². The predicted octanol–water partition coefficient (Wildman–Crippen LogP) is 3.05. The third-order valence-electron chi connectivity index (χ3n) is 2.21. The maximum atomic E-state index is 11.6. The Hall–Kier alpha value is -1.85. The number of aromatic nitrogens is 1. The normalized spacial score (nSPS) is 10.9. The van der Waals surface area contributed by atoms with Crippen LogP contribution in [-0.4, -0.2) is 17.3 Å². The van der Waals surface area contributed by atoms with Gasteiger partial charge in [0.2, 0.25) is 0 Å². The highest BCUT2D eigenvalue weighted by Crippen LogP contribution is 2.24. The number of amides is 1. The van der Waals surface area contributed by atoms with Crippen molar-refractivity contribution in [3.63, 3.8) is 0 Å². The summed E-state index contributed by atoms with van der Waals surface area (Å²) in [6.45, 7) is 1.69. The van der Waals surface area contributed by atoms with Gasteiger partial charge in [0.25, 0.3) is 5.91 Å². The van der Waals surface area contributed by atoms with Crippen LogP contribution in [-0.2, 0) is 0 Å². The van der Waals surface area contributed by atoms with E-state index >= 15 is 0 Å². The zero-order valence-electron chi connectivity index (χ0n) is 9.85. The molecule has 0 saturated carbocycles. The SMILES string of the molecule is Cc1cc(C(=O)NN=Cc2cccc(Cl)c2Cl)no1. The first-order chi connectivity index (χ1) is 9.08. The van der Waals surface area contributed by atoms with Crippen molar-refractivity contribution in [1.29, 1.82) is 0 Å². The minimum atomic E-state index is -0.466. The summed E-state index contributed by atoms with van der Waals surface area (Å²) in [5.74, 6) is 0.0817. The Kier molecular flexibility index (Phi) is 4.19. The molecule has 1 N–H and O–H groups in total. The van der Waals surface area contributed by atoms with Gasteiger partial charge in [0.15, 0.2) is 5.69 Å². The number of nitrogens with one attached hydrogen (secondary N) is 1. The fourth-order valence-corrected chi connectivity index (χ4v) is 1.67. The van der Waals surface area contributed by atoms with Crippen molar-refractivity contribution < 1.29 is 9.32 Å². The first-order valence-corrected chi connectivity index (χ1v) is 6.04. The zero-order valence-corrected chi connectivity index (χ0v) is 11.4. The molecule has 2 rings (SSSR count). The predicted molar refractivity (Wildman–Crippen MR) is 72.8 cm³/mol. The molecule has 5 nitrogen and oxygen atoms in total. The van der Waals surface area contributed by atoms with Gasteiger partial charge in [-0.3, -0.25) is 4.79 Å². The third kappa shape index (κ3) is 3.33. The maximum absolute atomic E-state index is 11.6. The van der Waals surface area contributed by atoms with Crippen LogP contribution in [0.2, 0.25) is 10.0 Å². The summed E-state index contributed by atoms with van der Waals surface area (Å²) in [5.41, 5.74) is 3.08. The number of rotatable bonds is 3. The number of halogens is 2. The van der Waals surface area contributed by atoms with Crippen molar-refractivity contribution >= 4 is 35.3 Å². The van der Waals surface area contributed by atoms with Crippen LogP contribution in [0.3, 0.4) is 0 Å². The molecule has 1 heterocycles. The van der Waals surface area contributed by atoms with Gasteiger partial charge in [-0.05, 0) is 13.0 Å². The van der Waals surface area contributed by atoms with Gasteiger partial charge >= 0.3 is 0 Å². The fraction of sp³-hybridized carbons (Fsp3) is 0.0833. The van der Waals surface area contributed by atoms with E-state index in [4.69, 9.17) is 27.7 Å². The highest BCUT2D eigenvalue weighted by molar-refractivity contribution is 6.43. The Morgan fingerprint density at radius 3 is 2.95 bits per heavy atom. The smallest absolute Gasteiger partial charge is 0.293 e. The van der Waals surface area contributed by atoms with E-state index in [1.54, 1.807) is 25.1 Å². The van der Waals surface area contributed by atoms with E-state index < -0.39 is 5.91 Å². The molecule has 1 amide bonds. The molecule has 7 heteroatoms. The number of aryl methyl sites for hydroxylation is 1. The number of hydrazone groups is 1. The van der Waals surface area contributed by atoms with E-state index in [9.17, 15) is 4.79 Å². The van der Waals surface area contributed by atoms with Crippen LogP contribution in [0.1, 0.15) is 21.8 Å². The summed E-state index contributed by atoms with van der Waals surface area (Å²) in [7, 11) is 0. The van der Waals surface area contributed by atoms with Crippen molar-refractivity contribution in [3.05, 3.63) is 51.3 Å². The minimum absolute atomic E-state index is 0.159. The summed E-state index contributed by atoms with van der Waals surface area (Å²) < 4.78 is 4.78. The molecule has 0 unspecified atom stereocenters. The number of carbonyl (C=O) groups is 1. The van der Waals surface area contributed by atoms with E-state index in [1.807, 2.05) is 0 Å². The standard InChI is InChI=1S/C12H9Cl2N3O2/c1-7-5-10(17-19-7)12(18)16-15-6-8-3-2-4-9(13)11(8)14/h2-6H,1H3,(H,16,18). The maximum Gasteiger partial charge on any atom is 0.293 e. The molecule has 0 saturated heterocycles. The second kappa shape index (κ2) is 5.86. The Morgan fingerprint density at radius 2 is 2.26 bits per heavy atom. The van der Waals surface area contributed by atoms with E-state index in [1.165, 1.54) is 12.3 Å². The van der Waals surface area contributed by atoms with Gasteiger partial charge in [0.1, 0.15) is 5.76 Å². The first kappa shape index (κ1) is 13.6. The monoisotopic (exact) mass is 297 g/mol. The lowest BCUT2D eigenvalue weighted by Crippen LogP contribution is -2.17. The van der Waals surface area contributed by atoms with Gasteiger partial charge in [-0.25, -0.2) is 5.43 Å².